The van der Waals surface area contributed by atoms with Crippen molar-refractivity contribution < 1.29 is 45.2 Å². The minimum atomic E-state index is -1.88. The van der Waals surface area contributed by atoms with Gasteiger partial charge in [0.2, 0.25) is 0 Å². The summed E-state index contributed by atoms with van der Waals surface area (Å²) >= 11 is -1.88. The quantitative estimate of drug-likeness (QED) is 0.444. The van der Waals surface area contributed by atoms with E-state index in [1.807, 2.05) is 0 Å². The van der Waals surface area contributed by atoms with Crippen molar-refractivity contribution in [1.82, 2.24) is 0 Å². The second kappa shape index (κ2) is 9.06. The van der Waals surface area contributed by atoms with Crippen LogP contribution in [0.3, 0.4) is 0 Å². The predicted molar refractivity (Wildman–Crippen MR) is 114 cm³/mol. The van der Waals surface area contributed by atoms with Crippen LogP contribution in [-0.2, 0) is 20.4 Å². The van der Waals surface area contributed by atoms with Crippen molar-refractivity contribution >= 4 is 11.0 Å². The Labute approximate surface area is 194 Å². The minimum Gasteiger partial charge on any atom is -1.00 e. The third kappa shape index (κ3) is 3.68. The van der Waals surface area contributed by atoms with E-state index in [4.69, 9.17) is 0 Å². The zero-order chi connectivity index (χ0) is 18.5. The number of benzene rings is 3. The van der Waals surface area contributed by atoms with E-state index in [0.717, 1.165) is 3.63 Å². The molecular formula is C25H24Cl2SiZr. The Morgan fingerprint density at radius 2 is 1.10 bits per heavy atom. The predicted octanol–water partition coefficient (Wildman–Crippen LogP) is 0.792. The van der Waals surface area contributed by atoms with Gasteiger partial charge in [0.05, 0.1) is 0 Å². The average molecular weight is 515 g/mol. The molecule has 0 nitrogen and oxygen atoms in total. The number of hydrogen-bond acceptors (Lipinski definition) is 0. The van der Waals surface area contributed by atoms with Gasteiger partial charge in [0, 0.05) is 0 Å². The zero-order valence-corrected chi connectivity index (χ0v) is 21.9. The first-order valence-electron chi connectivity index (χ1n) is 9.80. The number of rotatable bonds is 2. The first kappa shape index (κ1) is 22.8. The van der Waals surface area contributed by atoms with Gasteiger partial charge in [-0.05, 0) is 0 Å². The molecule has 0 bridgehead atoms. The van der Waals surface area contributed by atoms with Crippen molar-refractivity contribution in [2.45, 2.75) is 27.3 Å². The van der Waals surface area contributed by atoms with Crippen molar-refractivity contribution in [3.63, 3.8) is 0 Å². The summed E-state index contributed by atoms with van der Waals surface area (Å²) < 4.78 is 1.42. The zero-order valence-electron chi connectivity index (χ0n) is 16.9. The number of halogens is 2. The van der Waals surface area contributed by atoms with E-state index in [9.17, 15) is 0 Å². The van der Waals surface area contributed by atoms with Gasteiger partial charge in [-0.3, -0.25) is 0 Å². The number of hydrogen-bond donors (Lipinski definition) is 0. The summed E-state index contributed by atoms with van der Waals surface area (Å²) in [5.74, 6) is 0. The largest absolute Gasteiger partial charge is 1.00 e. The Kier molecular flexibility index (Phi) is 7.11. The van der Waals surface area contributed by atoms with E-state index in [2.05, 4.69) is 98.9 Å². The molecule has 0 saturated heterocycles. The van der Waals surface area contributed by atoms with E-state index in [0.29, 0.717) is 3.63 Å². The van der Waals surface area contributed by atoms with Crippen molar-refractivity contribution in [2.75, 3.05) is 0 Å². The van der Waals surface area contributed by atoms with Gasteiger partial charge in [-0.15, -0.1) is 0 Å². The van der Waals surface area contributed by atoms with Crippen LogP contribution >= 0.6 is 0 Å². The number of allylic oxidation sites excluding steroid dienone is 2. The standard InChI is InChI=1S/C13H9.C10H9.C2H6Si.2ClH.Zr/c1-3-7-12-10(5-1)9-11-6-2-4-8-13(11)12;1-8-6-7-9-4-2-3-5-10(8)9;1-3-2;;;/h1-9H;2-7H,1H3;1-2H3;2*1H;/q;;;;;+2/p-2. The summed E-state index contributed by atoms with van der Waals surface area (Å²) in [6.07, 6.45) is 2.64. The molecule has 1 atom stereocenters. The third-order valence-electron chi connectivity index (χ3n) is 6.19. The van der Waals surface area contributed by atoms with Crippen LogP contribution in [-0.4, -0.2) is 5.43 Å². The van der Waals surface area contributed by atoms with Gasteiger partial charge in [0.25, 0.3) is 0 Å². The van der Waals surface area contributed by atoms with Gasteiger partial charge >= 0.3 is 171 Å². The molecule has 5 rings (SSSR count). The summed E-state index contributed by atoms with van der Waals surface area (Å²) in [6.45, 7) is 7.49. The summed E-state index contributed by atoms with van der Waals surface area (Å²) in [7, 11) is 0. The maximum atomic E-state index is 2.64. The summed E-state index contributed by atoms with van der Waals surface area (Å²) in [5.41, 5.74) is 10.5. The summed E-state index contributed by atoms with van der Waals surface area (Å²) in [5, 5.41) is 0. The molecule has 0 heterocycles. The fourth-order valence-electron chi connectivity index (χ4n) is 5.08. The molecule has 146 valence electrons. The molecule has 0 spiro atoms. The van der Waals surface area contributed by atoms with Gasteiger partial charge in [-0.1, -0.05) is 0 Å². The number of fused-ring (bicyclic) bond motifs is 4. The average Bonchev–Trinajstić information content (AvgIpc) is 3.19. The van der Waals surface area contributed by atoms with Crippen LogP contribution in [0, 0.1) is 0 Å². The molecule has 0 radical (unpaired) electrons. The van der Waals surface area contributed by atoms with Crippen LogP contribution in [0.5, 0.6) is 0 Å². The van der Waals surface area contributed by atoms with Crippen LogP contribution in [0.25, 0.3) is 16.7 Å². The molecule has 3 aromatic rings. The van der Waals surface area contributed by atoms with Gasteiger partial charge in [-0.2, -0.15) is 0 Å². The van der Waals surface area contributed by atoms with E-state index >= 15 is 0 Å². The minimum absolute atomic E-state index is 0. The van der Waals surface area contributed by atoms with Crippen LogP contribution < -0.4 is 24.8 Å². The fourth-order valence-corrected chi connectivity index (χ4v) is 24.6. The van der Waals surface area contributed by atoms with Crippen LogP contribution in [0.4, 0.5) is 0 Å². The molecule has 0 amide bonds. The van der Waals surface area contributed by atoms with Crippen LogP contribution in [0.1, 0.15) is 36.4 Å². The molecule has 0 N–H and O–H groups in total. The Hall–Kier alpha value is -0.920. The molecule has 29 heavy (non-hydrogen) atoms. The molecule has 1 unspecified atom stereocenters. The second-order valence-electron chi connectivity index (χ2n) is 7.98. The molecule has 2 aliphatic carbocycles. The summed E-state index contributed by atoms with van der Waals surface area (Å²) in [4.78, 5) is 0. The van der Waals surface area contributed by atoms with E-state index in [-0.39, 0.29) is 30.2 Å². The van der Waals surface area contributed by atoms with E-state index in [1.54, 1.807) is 16.7 Å². The van der Waals surface area contributed by atoms with Gasteiger partial charge in [0.15, 0.2) is 0 Å². The van der Waals surface area contributed by atoms with Crippen molar-refractivity contribution in [1.29, 1.82) is 0 Å². The maximum Gasteiger partial charge on any atom is -1.00 e. The SMILES string of the molecule is CC1=C[CH]([Zr+2]([CH]2c3ccccc3-c3ccccc32)=[Si](C)C)c2ccccc21.[Cl-].[Cl-]. The molecule has 4 heteroatoms. The second-order valence-corrected chi connectivity index (χ2v) is 26.0. The molecule has 2 aliphatic rings. The molecule has 0 saturated carbocycles. The van der Waals surface area contributed by atoms with Gasteiger partial charge < -0.3 is 24.8 Å². The molecule has 0 aliphatic heterocycles. The van der Waals surface area contributed by atoms with Crippen molar-refractivity contribution in [3.8, 4) is 11.1 Å². The maximum absolute atomic E-state index is 2.64. The van der Waals surface area contributed by atoms with Crippen LogP contribution in [0.2, 0.25) is 13.1 Å². The fraction of sp³-hybridized carbons (Fsp3) is 0.200. The van der Waals surface area contributed by atoms with Crippen LogP contribution in [0.15, 0.2) is 78.9 Å². The summed E-state index contributed by atoms with van der Waals surface area (Å²) in [6, 6.07) is 27.6. The smallest absolute Gasteiger partial charge is 1.00 e. The Bertz CT molecular complexity index is 1080. The van der Waals surface area contributed by atoms with Crippen molar-refractivity contribution in [2.24, 2.45) is 0 Å². The first-order valence-corrected chi connectivity index (χ1v) is 18.8. The molecular weight excluding hydrogens is 490 g/mol. The Morgan fingerprint density at radius 3 is 1.62 bits per heavy atom. The monoisotopic (exact) mass is 512 g/mol. The van der Waals surface area contributed by atoms with E-state index in [1.165, 1.54) is 22.3 Å². The van der Waals surface area contributed by atoms with Crippen molar-refractivity contribution in [3.05, 3.63) is 101 Å². The van der Waals surface area contributed by atoms with Gasteiger partial charge in [-0.25, -0.2) is 0 Å². The van der Waals surface area contributed by atoms with E-state index < -0.39 is 20.4 Å². The first-order chi connectivity index (χ1) is 13.2. The Morgan fingerprint density at radius 1 is 0.655 bits per heavy atom. The molecule has 0 aromatic heterocycles. The Balaban J connectivity index is 0.00000120. The topological polar surface area (TPSA) is 0 Å². The normalized spacial score (nSPS) is 15.7. The third-order valence-corrected chi connectivity index (χ3v) is 25.3. The molecule has 3 aromatic carbocycles. The van der Waals surface area contributed by atoms with Gasteiger partial charge in [0.1, 0.15) is 0 Å². The molecule has 0 fully saturated rings.